The summed E-state index contributed by atoms with van der Waals surface area (Å²) in [7, 11) is 1.74. The number of carboxylic acid groups (broad SMARTS) is 1. The fourth-order valence-electron chi connectivity index (χ4n) is 2.07. The van der Waals surface area contributed by atoms with Crippen molar-refractivity contribution in [1.82, 2.24) is 4.90 Å². The van der Waals surface area contributed by atoms with Crippen LogP contribution in [0.1, 0.15) is 11.1 Å². The zero-order valence-electron chi connectivity index (χ0n) is 13.4. The summed E-state index contributed by atoms with van der Waals surface area (Å²) in [4.78, 5) is 12.4. The first-order valence-electron chi connectivity index (χ1n) is 7.48. The number of aliphatic carboxylic acids is 1. The van der Waals surface area contributed by atoms with E-state index >= 15 is 0 Å². The average Bonchev–Trinajstić information content (AvgIpc) is 2.56. The lowest BCUT2D eigenvalue weighted by molar-refractivity contribution is -0.137. The van der Waals surface area contributed by atoms with Gasteiger partial charge in [0, 0.05) is 17.7 Å². The number of carbonyl (C=O) groups is 1. The van der Waals surface area contributed by atoms with Crippen LogP contribution in [0.2, 0.25) is 0 Å². The number of hydrogen-bond acceptors (Lipinski definition) is 2. The lowest BCUT2D eigenvalue weighted by Crippen LogP contribution is -2.25. The minimum absolute atomic E-state index is 0.0377. The van der Waals surface area contributed by atoms with Crippen LogP contribution in [-0.4, -0.2) is 36.1 Å². The van der Waals surface area contributed by atoms with Crippen molar-refractivity contribution >= 4 is 11.5 Å². The molecule has 0 aliphatic rings. The molecular weight excluding hydrogens is 305 g/mol. The molecule has 122 valence electrons. The van der Waals surface area contributed by atoms with Crippen molar-refractivity contribution in [1.29, 1.82) is 0 Å². The van der Waals surface area contributed by atoms with E-state index in [4.69, 9.17) is 5.11 Å². The molecule has 0 aliphatic carbocycles. The molecule has 0 atom stereocenters. The van der Waals surface area contributed by atoms with Crippen molar-refractivity contribution in [2.24, 2.45) is 0 Å². The van der Waals surface area contributed by atoms with Gasteiger partial charge in [-0.2, -0.15) is 0 Å². The number of carboxylic acids is 1. The lowest BCUT2D eigenvalue weighted by atomic mass is 10.1. The van der Waals surface area contributed by atoms with E-state index in [-0.39, 0.29) is 12.4 Å². The Balaban J connectivity index is 2.24. The van der Waals surface area contributed by atoms with Crippen LogP contribution in [0.3, 0.4) is 0 Å². The molecule has 0 bridgehead atoms. The van der Waals surface area contributed by atoms with Crippen molar-refractivity contribution in [2.75, 3.05) is 20.1 Å². The normalized spacial score (nSPS) is 11.0. The summed E-state index contributed by atoms with van der Waals surface area (Å²) in [5.74, 6) is 4.94. The van der Waals surface area contributed by atoms with Crippen LogP contribution in [0.4, 0.5) is 4.39 Å². The number of rotatable bonds is 5. The number of likely N-dealkylation sites (N-methyl/N-ethyl adjacent to an activating group) is 1. The smallest absolute Gasteiger partial charge is 0.317 e. The SMILES string of the molecule is CN(C/C=C(/C#Cc1ccc(F)cc1)c1ccccc1)CC(=O)O. The van der Waals surface area contributed by atoms with Gasteiger partial charge in [0.25, 0.3) is 0 Å². The molecule has 0 unspecified atom stereocenters. The maximum Gasteiger partial charge on any atom is 0.317 e. The third-order valence-electron chi connectivity index (χ3n) is 3.28. The molecule has 0 saturated heterocycles. The molecule has 2 aromatic carbocycles. The standard InChI is InChI=1S/C20H18FNO2/c1-22(15-20(23)24)14-13-18(17-5-3-2-4-6-17)10-7-16-8-11-19(21)12-9-16/h2-6,8-9,11-13H,14-15H2,1H3,(H,23,24)/b18-13-. The maximum atomic E-state index is 13.0. The van der Waals surface area contributed by atoms with E-state index in [1.807, 2.05) is 36.4 Å². The van der Waals surface area contributed by atoms with Crippen molar-refractivity contribution in [2.45, 2.75) is 0 Å². The second kappa shape index (κ2) is 8.66. The Labute approximate surface area is 141 Å². The van der Waals surface area contributed by atoms with Crippen molar-refractivity contribution < 1.29 is 14.3 Å². The molecule has 3 nitrogen and oxygen atoms in total. The zero-order valence-corrected chi connectivity index (χ0v) is 13.4. The predicted octanol–water partition coefficient (Wildman–Crippen LogP) is 3.28. The molecular formula is C20H18FNO2. The highest BCUT2D eigenvalue weighted by Gasteiger charge is 2.03. The van der Waals surface area contributed by atoms with Gasteiger partial charge in [-0.05, 0) is 36.9 Å². The molecule has 0 fully saturated rings. The summed E-state index contributed by atoms with van der Waals surface area (Å²) in [5.41, 5.74) is 2.48. The molecule has 2 rings (SSSR count). The van der Waals surface area contributed by atoms with E-state index in [0.717, 1.165) is 16.7 Å². The summed E-state index contributed by atoms with van der Waals surface area (Å²) in [6.07, 6.45) is 1.90. The van der Waals surface area contributed by atoms with Gasteiger partial charge in [-0.1, -0.05) is 48.2 Å². The third-order valence-corrected chi connectivity index (χ3v) is 3.28. The van der Waals surface area contributed by atoms with Crippen LogP contribution >= 0.6 is 0 Å². The largest absolute Gasteiger partial charge is 0.480 e. The monoisotopic (exact) mass is 323 g/mol. The van der Waals surface area contributed by atoms with Gasteiger partial charge < -0.3 is 5.11 Å². The summed E-state index contributed by atoms with van der Waals surface area (Å²) in [6, 6.07) is 15.7. The van der Waals surface area contributed by atoms with Gasteiger partial charge in [-0.15, -0.1) is 0 Å². The number of nitrogens with zero attached hydrogens (tertiary/aromatic N) is 1. The van der Waals surface area contributed by atoms with Crippen molar-refractivity contribution in [3.05, 3.63) is 77.6 Å². The Kier molecular flexibility index (Phi) is 6.30. The van der Waals surface area contributed by atoms with Crippen LogP contribution < -0.4 is 0 Å². The Morgan fingerprint density at radius 3 is 2.46 bits per heavy atom. The second-order valence-corrected chi connectivity index (χ2v) is 5.33. The number of halogens is 1. The minimum Gasteiger partial charge on any atom is -0.480 e. The molecule has 1 N–H and O–H groups in total. The molecule has 0 heterocycles. The summed E-state index contributed by atoms with van der Waals surface area (Å²) in [6.45, 7) is 0.429. The molecule has 0 saturated carbocycles. The first-order valence-corrected chi connectivity index (χ1v) is 7.48. The van der Waals surface area contributed by atoms with Gasteiger partial charge in [0.05, 0.1) is 6.54 Å². The van der Waals surface area contributed by atoms with E-state index in [1.54, 1.807) is 24.1 Å². The highest BCUT2D eigenvalue weighted by atomic mass is 19.1. The topological polar surface area (TPSA) is 40.5 Å². The molecule has 24 heavy (non-hydrogen) atoms. The van der Waals surface area contributed by atoms with Gasteiger partial charge in [0.2, 0.25) is 0 Å². The van der Waals surface area contributed by atoms with E-state index in [0.29, 0.717) is 6.54 Å². The highest BCUT2D eigenvalue weighted by Crippen LogP contribution is 2.13. The van der Waals surface area contributed by atoms with Crippen LogP contribution in [0.25, 0.3) is 5.57 Å². The molecule has 4 heteroatoms. The first-order chi connectivity index (χ1) is 11.5. The zero-order chi connectivity index (χ0) is 17.4. The molecule has 2 aromatic rings. The minimum atomic E-state index is -0.871. The van der Waals surface area contributed by atoms with Gasteiger partial charge in [0.15, 0.2) is 0 Å². The van der Waals surface area contributed by atoms with Crippen LogP contribution in [0.5, 0.6) is 0 Å². The fraction of sp³-hybridized carbons (Fsp3) is 0.150. The summed E-state index contributed by atoms with van der Waals surface area (Å²) >= 11 is 0. The first kappa shape index (κ1) is 17.5. The van der Waals surface area contributed by atoms with Gasteiger partial charge >= 0.3 is 5.97 Å². The quantitative estimate of drug-likeness (QED) is 0.859. The molecule has 0 amide bonds. The van der Waals surface area contributed by atoms with E-state index in [2.05, 4.69) is 11.8 Å². The Hall–Kier alpha value is -2.90. The number of allylic oxidation sites excluding steroid dienone is 1. The van der Waals surface area contributed by atoms with E-state index < -0.39 is 5.97 Å². The molecule has 0 aliphatic heterocycles. The fourth-order valence-corrected chi connectivity index (χ4v) is 2.07. The average molecular weight is 323 g/mol. The van der Waals surface area contributed by atoms with Crippen LogP contribution in [0, 0.1) is 17.7 Å². The molecule has 0 aromatic heterocycles. The molecule has 0 radical (unpaired) electrons. The summed E-state index contributed by atoms with van der Waals surface area (Å²) in [5, 5.41) is 8.82. The van der Waals surface area contributed by atoms with Crippen molar-refractivity contribution in [3.8, 4) is 11.8 Å². The summed E-state index contributed by atoms with van der Waals surface area (Å²) < 4.78 is 13.0. The number of hydrogen-bond donors (Lipinski definition) is 1. The third kappa shape index (κ3) is 5.71. The number of benzene rings is 2. The van der Waals surface area contributed by atoms with Crippen molar-refractivity contribution in [3.63, 3.8) is 0 Å². The van der Waals surface area contributed by atoms with Gasteiger partial charge in [0.1, 0.15) is 5.82 Å². The Morgan fingerprint density at radius 2 is 1.83 bits per heavy atom. The van der Waals surface area contributed by atoms with Gasteiger partial charge in [-0.3, -0.25) is 9.69 Å². The lowest BCUT2D eigenvalue weighted by Gasteiger charge is -2.11. The molecule has 0 spiro atoms. The van der Waals surface area contributed by atoms with Gasteiger partial charge in [-0.25, -0.2) is 4.39 Å². The Bertz CT molecular complexity index is 771. The highest BCUT2D eigenvalue weighted by molar-refractivity contribution is 5.79. The van der Waals surface area contributed by atoms with E-state index in [1.165, 1.54) is 12.1 Å². The van der Waals surface area contributed by atoms with E-state index in [9.17, 15) is 9.18 Å². The second-order valence-electron chi connectivity index (χ2n) is 5.33. The van der Waals surface area contributed by atoms with Crippen LogP contribution in [0.15, 0.2) is 60.7 Å². The Morgan fingerprint density at radius 1 is 1.17 bits per heavy atom. The maximum absolute atomic E-state index is 13.0. The predicted molar refractivity (Wildman–Crippen MR) is 92.8 cm³/mol. The van der Waals surface area contributed by atoms with Crippen LogP contribution in [-0.2, 0) is 4.79 Å².